The summed E-state index contributed by atoms with van der Waals surface area (Å²) in [4.78, 5) is 14.6. The van der Waals surface area contributed by atoms with E-state index in [9.17, 15) is 4.79 Å². The van der Waals surface area contributed by atoms with E-state index in [2.05, 4.69) is 36.5 Å². The number of rotatable bonds is 3. The van der Waals surface area contributed by atoms with E-state index in [-0.39, 0.29) is 30.7 Å². The highest BCUT2D eigenvalue weighted by atomic mass is 35.5. The standard InChI is InChI=1S/C18H27N3O.2ClH/c1-14-5-4-6-16(13-14)20-15-7-11-21(12-8-15)17(22)18(19)9-2-3-10-18;;/h4-6,13,15,20H,2-3,7-12,19H2,1H3;2*1H. The van der Waals surface area contributed by atoms with Crippen molar-refractivity contribution in [3.05, 3.63) is 29.8 Å². The van der Waals surface area contributed by atoms with Gasteiger partial charge in [0.05, 0.1) is 5.54 Å². The number of halogens is 2. The fourth-order valence-corrected chi connectivity index (χ4v) is 3.73. The summed E-state index contributed by atoms with van der Waals surface area (Å²) in [6.07, 6.45) is 5.88. The Labute approximate surface area is 157 Å². The Bertz CT molecular complexity index is 539. The fraction of sp³-hybridized carbons (Fsp3) is 0.611. The van der Waals surface area contributed by atoms with Crippen LogP contribution in [0.15, 0.2) is 24.3 Å². The molecule has 2 fully saturated rings. The van der Waals surface area contributed by atoms with Gasteiger partial charge < -0.3 is 16.0 Å². The first kappa shape index (κ1) is 21.1. The highest BCUT2D eigenvalue weighted by Crippen LogP contribution is 2.30. The number of nitrogens with zero attached hydrogens (tertiary/aromatic N) is 1. The Hall–Kier alpha value is -0.970. The van der Waals surface area contributed by atoms with Crippen LogP contribution in [-0.2, 0) is 4.79 Å². The second kappa shape index (κ2) is 8.93. The van der Waals surface area contributed by atoms with Gasteiger partial charge in [0.2, 0.25) is 5.91 Å². The van der Waals surface area contributed by atoms with Crippen LogP contribution in [0.3, 0.4) is 0 Å². The van der Waals surface area contributed by atoms with Gasteiger partial charge in [-0.05, 0) is 50.3 Å². The van der Waals surface area contributed by atoms with Crippen LogP contribution < -0.4 is 11.1 Å². The minimum Gasteiger partial charge on any atom is -0.382 e. The third-order valence-electron chi connectivity index (χ3n) is 5.09. The summed E-state index contributed by atoms with van der Waals surface area (Å²) in [5.41, 5.74) is 8.17. The van der Waals surface area contributed by atoms with Crippen LogP contribution in [-0.4, -0.2) is 35.5 Å². The Kier molecular flexibility index (Phi) is 7.84. The SMILES string of the molecule is Cc1cccc(NC2CCN(C(=O)C3(N)CCCC3)CC2)c1.Cl.Cl. The third-order valence-corrected chi connectivity index (χ3v) is 5.09. The molecule has 0 spiro atoms. The van der Waals surface area contributed by atoms with E-state index in [1.165, 1.54) is 11.3 Å². The first-order valence-corrected chi connectivity index (χ1v) is 8.48. The number of aryl methyl sites for hydroxylation is 1. The number of nitrogens with two attached hydrogens (primary N) is 1. The molecule has 24 heavy (non-hydrogen) atoms. The highest BCUT2D eigenvalue weighted by Gasteiger charge is 2.40. The second-order valence-corrected chi connectivity index (χ2v) is 6.94. The lowest BCUT2D eigenvalue weighted by Crippen LogP contribution is -2.56. The van der Waals surface area contributed by atoms with Crippen LogP contribution in [0.4, 0.5) is 5.69 Å². The lowest BCUT2D eigenvalue weighted by molar-refractivity contribution is -0.137. The molecule has 0 aromatic heterocycles. The van der Waals surface area contributed by atoms with Crippen molar-refractivity contribution in [1.82, 2.24) is 4.90 Å². The van der Waals surface area contributed by atoms with Crippen molar-refractivity contribution in [3.63, 3.8) is 0 Å². The summed E-state index contributed by atoms with van der Waals surface area (Å²) in [7, 11) is 0. The zero-order valence-electron chi connectivity index (χ0n) is 14.3. The smallest absolute Gasteiger partial charge is 0.242 e. The van der Waals surface area contributed by atoms with Crippen LogP contribution in [0.2, 0.25) is 0 Å². The van der Waals surface area contributed by atoms with Gasteiger partial charge in [0.1, 0.15) is 0 Å². The van der Waals surface area contributed by atoms with Gasteiger partial charge >= 0.3 is 0 Å². The summed E-state index contributed by atoms with van der Waals surface area (Å²) < 4.78 is 0. The Morgan fingerprint density at radius 3 is 2.42 bits per heavy atom. The monoisotopic (exact) mass is 373 g/mol. The fourth-order valence-electron chi connectivity index (χ4n) is 3.73. The van der Waals surface area contributed by atoms with Crippen molar-refractivity contribution in [2.24, 2.45) is 5.73 Å². The van der Waals surface area contributed by atoms with Crippen LogP contribution >= 0.6 is 24.8 Å². The molecule has 0 unspecified atom stereocenters. The summed E-state index contributed by atoms with van der Waals surface area (Å²) in [5.74, 6) is 0.180. The van der Waals surface area contributed by atoms with Gasteiger partial charge in [-0.25, -0.2) is 0 Å². The zero-order chi connectivity index (χ0) is 15.6. The number of likely N-dealkylation sites (tertiary alicyclic amines) is 1. The van der Waals surface area contributed by atoms with E-state index >= 15 is 0 Å². The van der Waals surface area contributed by atoms with E-state index in [1.807, 2.05) is 4.90 Å². The molecular weight excluding hydrogens is 345 g/mol. The molecule has 0 bridgehead atoms. The molecule has 136 valence electrons. The molecule has 1 aliphatic heterocycles. The maximum absolute atomic E-state index is 12.6. The predicted octanol–water partition coefficient (Wildman–Crippen LogP) is 3.51. The van der Waals surface area contributed by atoms with Crippen LogP contribution in [0.1, 0.15) is 44.1 Å². The maximum Gasteiger partial charge on any atom is 0.242 e. The average Bonchev–Trinajstić information content (AvgIpc) is 2.95. The number of carbonyl (C=O) groups excluding carboxylic acids is 1. The molecule has 1 aliphatic carbocycles. The van der Waals surface area contributed by atoms with Crippen molar-refractivity contribution < 1.29 is 4.79 Å². The molecule has 0 atom stereocenters. The minimum atomic E-state index is -0.573. The van der Waals surface area contributed by atoms with Gasteiger partial charge in [0.15, 0.2) is 0 Å². The normalized spacial score (nSPS) is 20.0. The van der Waals surface area contributed by atoms with Crippen LogP contribution in [0.25, 0.3) is 0 Å². The van der Waals surface area contributed by atoms with Gasteiger partial charge in [-0.1, -0.05) is 25.0 Å². The first-order valence-electron chi connectivity index (χ1n) is 8.48. The first-order chi connectivity index (χ1) is 10.6. The van der Waals surface area contributed by atoms with E-state index in [1.54, 1.807) is 0 Å². The summed E-state index contributed by atoms with van der Waals surface area (Å²) in [6.45, 7) is 3.75. The van der Waals surface area contributed by atoms with Crippen molar-refractivity contribution in [2.45, 2.75) is 57.0 Å². The van der Waals surface area contributed by atoms with Crippen molar-refractivity contribution in [3.8, 4) is 0 Å². The Morgan fingerprint density at radius 2 is 1.83 bits per heavy atom. The number of piperidine rings is 1. The van der Waals surface area contributed by atoms with Crippen molar-refractivity contribution >= 4 is 36.4 Å². The van der Waals surface area contributed by atoms with Crippen molar-refractivity contribution in [1.29, 1.82) is 0 Å². The zero-order valence-corrected chi connectivity index (χ0v) is 15.9. The molecule has 4 nitrogen and oxygen atoms in total. The summed E-state index contributed by atoms with van der Waals surface area (Å²) in [5, 5.41) is 3.59. The molecule has 1 aromatic rings. The minimum absolute atomic E-state index is 0. The molecule has 1 aromatic carbocycles. The van der Waals surface area contributed by atoms with Gasteiger partial charge in [0, 0.05) is 24.8 Å². The lowest BCUT2D eigenvalue weighted by Gasteiger charge is -2.37. The topological polar surface area (TPSA) is 58.4 Å². The van der Waals surface area contributed by atoms with E-state index in [4.69, 9.17) is 5.73 Å². The quantitative estimate of drug-likeness (QED) is 0.851. The largest absolute Gasteiger partial charge is 0.382 e. The molecule has 3 N–H and O–H groups in total. The lowest BCUT2D eigenvalue weighted by atomic mass is 9.95. The molecule has 1 amide bonds. The number of amides is 1. The molecule has 0 radical (unpaired) electrons. The molecule has 3 rings (SSSR count). The van der Waals surface area contributed by atoms with Crippen LogP contribution in [0.5, 0.6) is 0 Å². The number of nitrogens with one attached hydrogen (secondary N) is 1. The van der Waals surface area contributed by atoms with Gasteiger partial charge in [-0.3, -0.25) is 4.79 Å². The number of hydrogen-bond donors (Lipinski definition) is 2. The van der Waals surface area contributed by atoms with E-state index < -0.39 is 5.54 Å². The molecule has 6 heteroatoms. The van der Waals surface area contributed by atoms with E-state index in [0.717, 1.165) is 51.6 Å². The van der Waals surface area contributed by atoms with E-state index in [0.29, 0.717) is 6.04 Å². The highest BCUT2D eigenvalue weighted by molar-refractivity contribution is 5.86. The summed E-state index contributed by atoms with van der Waals surface area (Å²) >= 11 is 0. The van der Waals surface area contributed by atoms with Crippen molar-refractivity contribution in [2.75, 3.05) is 18.4 Å². The summed E-state index contributed by atoms with van der Waals surface area (Å²) in [6, 6.07) is 8.91. The molecule has 2 aliphatic rings. The second-order valence-electron chi connectivity index (χ2n) is 6.94. The number of benzene rings is 1. The Morgan fingerprint density at radius 1 is 1.21 bits per heavy atom. The van der Waals surface area contributed by atoms with Gasteiger partial charge in [-0.2, -0.15) is 0 Å². The molecular formula is C18H29Cl2N3O. The third kappa shape index (κ3) is 4.78. The Balaban J connectivity index is 0.00000144. The molecule has 1 saturated carbocycles. The van der Waals surface area contributed by atoms with Gasteiger partial charge in [-0.15, -0.1) is 24.8 Å². The van der Waals surface area contributed by atoms with Crippen LogP contribution in [0, 0.1) is 6.92 Å². The number of hydrogen-bond acceptors (Lipinski definition) is 3. The molecule has 1 saturated heterocycles. The maximum atomic E-state index is 12.6. The predicted molar refractivity (Wildman–Crippen MR) is 104 cm³/mol. The number of carbonyl (C=O) groups is 1. The molecule has 1 heterocycles. The average molecular weight is 374 g/mol. The van der Waals surface area contributed by atoms with Gasteiger partial charge in [0.25, 0.3) is 0 Å². The number of anilines is 1.